The number of esters is 3. The van der Waals surface area contributed by atoms with Crippen LogP contribution in [0.25, 0.3) is 0 Å². The number of hydrogen-bond acceptors (Lipinski definition) is 10. The molecule has 12 heteroatoms. The second-order valence-electron chi connectivity index (χ2n) is 20.8. The lowest BCUT2D eigenvalue weighted by Gasteiger charge is -2.21. The number of phosphoric ester groups is 1. The van der Waals surface area contributed by atoms with Gasteiger partial charge in [0.15, 0.2) is 6.10 Å². The Kier molecular flexibility index (Phi) is 57.2. The first-order valence-electron chi connectivity index (χ1n) is 31.5. The van der Waals surface area contributed by atoms with Crippen molar-refractivity contribution in [3.05, 3.63) is 85.1 Å². The highest BCUT2D eigenvalue weighted by Gasteiger charge is 2.28. The lowest BCUT2D eigenvalue weighted by Crippen LogP contribution is -2.30. The van der Waals surface area contributed by atoms with Gasteiger partial charge in [0.25, 0.3) is 0 Å². The van der Waals surface area contributed by atoms with Crippen LogP contribution in [0.5, 0.6) is 0 Å². The lowest BCUT2D eigenvalue weighted by atomic mass is 10.1. The lowest BCUT2D eigenvalue weighted by molar-refractivity contribution is -0.161. The molecule has 11 nitrogen and oxygen atoms in total. The summed E-state index contributed by atoms with van der Waals surface area (Å²) < 4.78 is 39.6. The van der Waals surface area contributed by atoms with Crippen LogP contribution in [0.4, 0.5) is 0 Å². The Balaban J connectivity index is 4.74. The summed E-state index contributed by atoms with van der Waals surface area (Å²) in [6.45, 7) is 4.49. The maximum Gasteiger partial charge on any atom is 0.472 e. The van der Waals surface area contributed by atoms with Crippen LogP contribution in [0.2, 0.25) is 0 Å². The number of aliphatic hydroxyl groups excluding tert-OH is 1. The van der Waals surface area contributed by atoms with Gasteiger partial charge in [0, 0.05) is 19.3 Å². The normalized spacial score (nSPS) is 13.9. The van der Waals surface area contributed by atoms with Crippen LogP contribution in [-0.2, 0) is 42.2 Å². The Morgan fingerprint density at radius 1 is 0.372 bits per heavy atom. The first-order chi connectivity index (χ1) is 38.2. The average Bonchev–Trinajstić information content (AvgIpc) is 3.43. The first-order valence-corrected chi connectivity index (χ1v) is 33.0. The summed E-state index contributed by atoms with van der Waals surface area (Å²) in [5.41, 5.74) is 0. The largest absolute Gasteiger partial charge is 0.472 e. The van der Waals surface area contributed by atoms with E-state index in [1.165, 1.54) is 103 Å². The van der Waals surface area contributed by atoms with Crippen LogP contribution in [0, 0.1) is 0 Å². The number of phosphoric acid groups is 1. The molecule has 0 rings (SSSR count). The zero-order chi connectivity index (χ0) is 56.9. The van der Waals surface area contributed by atoms with Crippen LogP contribution in [-0.4, -0.2) is 66.5 Å². The third kappa shape index (κ3) is 57.3. The minimum absolute atomic E-state index is 0.150. The third-order valence-corrected chi connectivity index (χ3v) is 14.2. The molecule has 0 amide bonds. The number of rotatable bonds is 58. The highest BCUT2D eigenvalue weighted by molar-refractivity contribution is 7.47. The van der Waals surface area contributed by atoms with Crippen molar-refractivity contribution in [1.29, 1.82) is 0 Å². The van der Waals surface area contributed by atoms with Gasteiger partial charge in [-0.25, -0.2) is 4.57 Å². The minimum Gasteiger partial charge on any atom is -0.462 e. The summed E-state index contributed by atoms with van der Waals surface area (Å²) in [6.07, 6.45) is 69.6. The highest BCUT2D eigenvalue weighted by Crippen LogP contribution is 2.43. The van der Waals surface area contributed by atoms with Gasteiger partial charge >= 0.3 is 25.7 Å². The maximum atomic E-state index is 12.9. The predicted octanol–water partition coefficient (Wildman–Crippen LogP) is 19.0. The molecule has 0 fully saturated rings. The number of allylic oxidation sites excluding steroid dienone is 14. The molecule has 0 aromatic rings. The summed E-state index contributed by atoms with van der Waals surface area (Å²) >= 11 is 0. The quantitative estimate of drug-likeness (QED) is 0.0197. The number of ether oxygens (including phenoxy) is 3. The summed E-state index contributed by atoms with van der Waals surface area (Å²) in [6, 6.07) is 0. The van der Waals surface area contributed by atoms with Gasteiger partial charge in [-0.15, -0.1) is 0 Å². The Morgan fingerprint density at radius 3 is 1.06 bits per heavy atom. The standard InChI is InChI=1S/C66H115O11P/c1-4-7-10-13-16-19-22-25-28-31-34-37-40-43-46-49-52-55-64(68)73-59-63(77-66(70)57-54-51-48-45-42-39-36-33-30-27-24-21-18-15-12-9-6-3)61-75-78(71,72)74-60-62(58-67)76-65(69)56-53-50-47-44-41-38-35-32-29-26-23-20-17-14-11-8-5-2/h7,10,16,18-19,21,25-30,34,37,62-63,67H,4-6,8-9,11-15,17,20,22-24,31-33,35-36,38-61H2,1-3H3,(H,71,72)/b10-7-,19-16-,21-18-,28-25-,29-26-,30-27-,37-34-. The molecule has 3 unspecified atom stereocenters. The number of carbonyl (C=O) groups is 3. The molecule has 3 atom stereocenters. The fraction of sp³-hybridized carbons (Fsp3) is 0.742. The second kappa shape index (κ2) is 59.8. The third-order valence-electron chi connectivity index (χ3n) is 13.3. The van der Waals surface area contributed by atoms with E-state index >= 15 is 0 Å². The van der Waals surface area contributed by atoms with E-state index in [0.717, 1.165) is 116 Å². The van der Waals surface area contributed by atoms with Crippen molar-refractivity contribution >= 4 is 25.7 Å². The monoisotopic (exact) mass is 1110 g/mol. The van der Waals surface area contributed by atoms with Gasteiger partial charge in [-0.1, -0.05) is 228 Å². The van der Waals surface area contributed by atoms with E-state index in [1.54, 1.807) is 0 Å². The number of aliphatic hydroxyl groups is 1. The second-order valence-corrected chi connectivity index (χ2v) is 22.3. The molecular formula is C66H115O11P. The molecule has 78 heavy (non-hydrogen) atoms. The van der Waals surface area contributed by atoms with E-state index < -0.39 is 57.8 Å². The maximum absolute atomic E-state index is 12.9. The van der Waals surface area contributed by atoms with Crippen molar-refractivity contribution in [3.8, 4) is 0 Å². The van der Waals surface area contributed by atoms with Gasteiger partial charge < -0.3 is 24.2 Å². The Hall–Kier alpha value is -3.34. The van der Waals surface area contributed by atoms with Gasteiger partial charge in [0.1, 0.15) is 12.7 Å². The molecule has 0 saturated carbocycles. The van der Waals surface area contributed by atoms with Crippen molar-refractivity contribution in [2.45, 2.75) is 290 Å². The van der Waals surface area contributed by atoms with Crippen LogP contribution in [0.15, 0.2) is 85.1 Å². The average molecular weight is 1120 g/mol. The Labute approximate surface area is 477 Å². The molecule has 0 radical (unpaired) electrons. The smallest absolute Gasteiger partial charge is 0.462 e. The van der Waals surface area contributed by atoms with Crippen molar-refractivity contribution < 1.29 is 52.2 Å². The number of carbonyl (C=O) groups excluding carboxylic acids is 3. The van der Waals surface area contributed by atoms with Crippen LogP contribution >= 0.6 is 7.82 Å². The Bertz CT molecular complexity index is 1630. The summed E-state index contributed by atoms with van der Waals surface area (Å²) in [7, 11) is -4.76. The van der Waals surface area contributed by atoms with E-state index in [2.05, 4.69) is 106 Å². The SMILES string of the molecule is CC/C=C\C/C=C\C/C=C\C/C=C\CCCCCCC(=O)OCC(COP(=O)(O)OCC(CO)OC(=O)CCCCCCCCC/C=C\CCCCCCCC)OC(=O)CCCCCCCCC/C=C\C/C=C\CCCCC. The summed E-state index contributed by atoms with van der Waals surface area (Å²) in [5.74, 6) is -1.50. The summed E-state index contributed by atoms with van der Waals surface area (Å²) in [5, 5.41) is 9.85. The van der Waals surface area contributed by atoms with Gasteiger partial charge in [0.2, 0.25) is 0 Å². The number of unbranched alkanes of at least 4 members (excludes halogenated alkanes) is 27. The molecule has 0 bridgehead atoms. The summed E-state index contributed by atoms with van der Waals surface area (Å²) in [4.78, 5) is 48.7. The fourth-order valence-electron chi connectivity index (χ4n) is 8.49. The van der Waals surface area contributed by atoms with Crippen molar-refractivity contribution in [1.82, 2.24) is 0 Å². The van der Waals surface area contributed by atoms with Crippen LogP contribution in [0.3, 0.4) is 0 Å². The zero-order valence-electron chi connectivity index (χ0n) is 49.9. The molecule has 0 aliphatic carbocycles. The predicted molar refractivity (Wildman–Crippen MR) is 325 cm³/mol. The molecule has 0 aromatic heterocycles. The van der Waals surface area contributed by atoms with Gasteiger partial charge in [-0.05, 0) is 116 Å². The van der Waals surface area contributed by atoms with E-state index in [-0.39, 0.29) is 25.9 Å². The number of hydrogen-bond donors (Lipinski definition) is 2. The molecular weight excluding hydrogens is 1000 g/mol. The molecule has 0 saturated heterocycles. The molecule has 2 N–H and O–H groups in total. The minimum atomic E-state index is -4.76. The molecule has 0 aliphatic rings. The highest BCUT2D eigenvalue weighted by atomic mass is 31.2. The van der Waals surface area contributed by atoms with Crippen molar-refractivity contribution in [3.63, 3.8) is 0 Å². The Morgan fingerprint density at radius 2 is 0.667 bits per heavy atom. The van der Waals surface area contributed by atoms with Crippen molar-refractivity contribution in [2.24, 2.45) is 0 Å². The molecule has 0 heterocycles. The molecule has 0 aliphatic heterocycles. The molecule has 450 valence electrons. The topological polar surface area (TPSA) is 155 Å². The molecule has 0 spiro atoms. The van der Waals surface area contributed by atoms with E-state index in [1.807, 2.05) is 0 Å². The van der Waals surface area contributed by atoms with Crippen LogP contribution < -0.4 is 0 Å². The van der Waals surface area contributed by atoms with Gasteiger partial charge in [-0.3, -0.25) is 23.4 Å². The van der Waals surface area contributed by atoms with Gasteiger partial charge in [-0.2, -0.15) is 0 Å². The fourth-order valence-corrected chi connectivity index (χ4v) is 9.27. The first kappa shape index (κ1) is 74.7. The van der Waals surface area contributed by atoms with E-state index in [0.29, 0.717) is 19.3 Å². The molecule has 0 aromatic carbocycles. The zero-order valence-corrected chi connectivity index (χ0v) is 50.8. The van der Waals surface area contributed by atoms with Crippen LogP contribution in [0.1, 0.15) is 278 Å². The van der Waals surface area contributed by atoms with E-state index in [9.17, 15) is 28.9 Å². The van der Waals surface area contributed by atoms with E-state index in [4.69, 9.17) is 23.3 Å². The van der Waals surface area contributed by atoms with Crippen molar-refractivity contribution in [2.75, 3.05) is 26.4 Å². The van der Waals surface area contributed by atoms with Gasteiger partial charge in [0.05, 0.1) is 19.8 Å².